The Bertz CT molecular complexity index is 586. The fraction of sp³-hybridized carbons (Fsp3) is 0.182. The fourth-order valence-electron chi connectivity index (χ4n) is 1.27. The molecular weight excluding hydrogens is 336 g/mol. The number of rotatable bonds is 4. The monoisotopic (exact) mass is 344 g/mol. The summed E-state index contributed by atoms with van der Waals surface area (Å²) in [6.45, 7) is 2.00. The first-order valence-corrected chi connectivity index (χ1v) is 7.51. The van der Waals surface area contributed by atoms with E-state index in [1.54, 1.807) is 12.1 Å². The minimum absolute atomic E-state index is 0.257. The predicted molar refractivity (Wildman–Crippen MR) is 74.5 cm³/mol. The molecule has 0 saturated carbocycles. The molecule has 0 atom stereocenters. The van der Waals surface area contributed by atoms with Crippen LogP contribution in [0.3, 0.4) is 0 Å². The molecule has 1 heterocycles. The highest BCUT2D eigenvalue weighted by Crippen LogP contribution is 2.31. The van der Waals surface area contributed by atoms with Gasteiger partial charge < -0.3 is 5.11 Å². The number of hydrogen-bond donors (Lipinski definition) is 1. The number of halogens is 1. The number of benzene rings is 1. The van der Waals surface area contributed by atoms with Crippen LogP contribution in [0.5, 0.6) is 0 Å². The van der Waals surface area contributed by atoms with Crippen molar-refractivity contribution >= 4 is 45.2 Å². The van der Waals surface area contributed by atoms with Crippen LogP contribution in [0.1, 0.15) is 23.1 Å². The smallest absolute Gasteiger partial charge is 0.335 e. The molecule has 0 unspecified atom stereocenters. The van der Waals surface area contributed by atoms with E-state index in [4.69, 9.17) is 5.11 Å². The number of carboxylic acid groups (broad SMARTS) is 1. The van der Waals surface area contributed by atoms with Gasteiger partial charge in [0, 0.05) is 15.8 Å². The van der Waals surface area contributed by atoms with E-state index < -0.39 is 5.97 Å². The van der Waals surface area contributed by atoms with Crippen LogP contribution < -0.4 is 0 Å². The lowest BCUT2D eigenvalue weighted by Gasteiger charge is -2.01. The number of carboxylic acids is 1. The zero-order valence-corrected chi connectivity index (χ0v) is 12.6. The van der Waals surface area contributed by atoms with Crippen LogP contribution in [0.2, 0.25) is 0 Å². The average Bonchev–Trinajstić information content (AvgIpc) is 2.76. The first-order chi connectivity index (χ1) is 8.58. The highest BCUT2D eigenvalue weighted by atomic mass is 79.9. The number of aryl methyl sites for hydroxylation is 1. The summed E-state index contributed by atoms with van der Waals surface area (Å²) in [5, 5.41) is 8.99. The lowest BCUT2D eigenvalue weighted by molar-refractivity contribution is 0.0696. The van der Waals surface area contributed by atoms with Gasteiger partial charge in [0.1, 0.15) is 5.82 Å². The Morgan fingerprint density at radius 3 is 2.89 bits per heavy atom. The molecule has 2 aromatic rings. The van der Waals surface area contributed by atoms with Gasteiger partial charge in [-0.1, -0.05) is 34.6 Å². The molecule has 7 heteroatoms. The Balaban J connectivity index is 2.25. The molecule has 0 aliphatic rings. The summed E-state index contributed by atoms with van der Waals surface area (Å²) in [7, 11) is 0. The minimum atomic E-state index is -0.940. The summed E-state index contributed by atoms with van der Waals surface area (Å²) in [4.78, 5) is 16.1. The van der Waals surface area contributed by atoms with Crippen molar-refractivity contribution in [3.8, 4) is 0 Å². The SMILES string of the molecule is CCc1nsc(Sc2cc(Br)cc(C(=O)O)c2)n1. The predicted octanol–water partition coefficient (Wildman–Crippen LogP) is 3.71. The quantitative estimate of drug-likeness (QED) is 0.915. The van der Waals surface area contributed by atoms with E-state index in [0.29, 0.717) is 0 Å². The highest BCUT2D eigenvalue weighted by Gasteiger charge is 2.09. The van der Waals surface area contributed by atoms with E-state index in [9.17, 15) is 4.79 Å². The Labute approximate surface area is 121 Å². The van der Waals surface area contributed by atoms with Gasteiger partial charge in [0.25, 0.3) is 0 Å². The molecular formula is C11H9BrN2O2S2. The Hall–Kier alpha value is -0.920. The van der Waals surface area contributed by atoms with Crippen molar-refractivity contribution in [1.29, 1.82) is 0 Å². The third-order valence-corrected chi connectivity index (χ3v) is 4.31. The summed E-state index contributed by atoms with van der Waals surface area (Å²) in [6.07, 6.45) is 0.802. The molecule has 0 aliphatic heterocycles. The zero-order chi connectivity index (χ0) is 13.1. The standard InChI is InChI=1S/C11H9BrN2O2S2/c1-2-9-13-11(18-14-9)17-8-4-6(10(15)16)3-7(12)5-8/h3-5H,2H2,1H3,(H,15,16). The first kappa shape index (κ1) is 13.5. The summed E-state index contributed by atoms with van der Waals surface area (Å²) >= 11 is 6.05. The van der Waals surface area contributed by atoms with Crippen LogP contribution in [0, 0.1) is 0 Å². The number of aromatic nitrogens is 2. The van der Waals surface area contributed by atoms with Gasteiger partial charge in [-0.05, 0) is 29.7 Å². The second kappa shape index (κ2) is 5.81. The molecule has 1 aromatic carbocycles. The lowest BCUT2D eigenvalue weighted by atomic mass is 10.2. The number of aromatic carboxylic acids is 1. The van der Waals surface area contributed by atoms with E-state index in [0.717, 1.165) is 26.0 Å². The van der Waals surface area contributed by atoms with Gasteiger partial charge in [0.2, 0.25) is 0 Å². The third-order valence-electron chi connectivity index (χ3n) is 2.09. The molecule has 0 radical (unpaired) electrons. The van der Waals surface area contributed by atoms with Crippen molar-refractivity contribution in [1.82, 2.24) is 9.36 Å². The molecule has 94 valence electrons. The van der Waals surface area contributed by atoms with Gasteiger partial charge in [-0.25, -0.2) is 9.78 Å². The number of hydrogen-bond acceptors (Lipinski definition) is 5. The van der Waals surface area contributed by atoms with Crippen molar-refractivity contribution in [3.05, 3.63) is 34.1 Å². The van der Waals surface area contributed by atoms with Gasteiger partial charge in [-0.3, -0.25) is 0 Å². The van der Waals surface area contributed by atoms with Gasteiger partial charge >= 0.3 is 5.97 Å². The van der Waals surface area contributed by atoms with Crippen molar-refractivity contribution in [2.24, 2.45) is 0 Å². The normalized spacial score (nSPS) is 10.6. The Kier molecular flexibility index (Phi) is 4.36. The fourth-order valence-corrected chi connectivity index (χ4v) is 3.69. The second-order valence-corrected chi connectivity index (χ2v) is 6.40. The third kappa shape index (κ3) is 3.30. The van der Waals surface area contributed by atoms with Crippen molar-refractivity contribution < 1.29 is 9.90 Å². The van der Waals surface area contributed by atoms with Crippen LogP contribution in [0.15, 0.2) is 31.9 Å². The highest BCUT2D eigenvalue weighted by molar-refractivity contribution is 9.10. The molecule has 4 nitrogen and oxygen atoms in total. The van der Waals surface area contributed by atoms with Crippen LogP contribution in [-0.4, -0.2) is 20.4 Å². The lowest BCUT2D eigenvalue weighted by Crippen LogP contribution is -1.96. The van der Waals surface area contributed by atoms with Gasteiger partial charge in [0.05, 0.1) is 5.56 Å². The summed E-state index contributed by atoms with van der Waals surface area (Å²) in [5.74, 6) is -0.124. The molecule has 0 saturated heterocycles. The van der Waals surface area contributed by atoms with Crippen LogP contribution >= 0.6 is 39.2 Å². The van der Waals surface area contributed by atoms with E-state index >= 15 is 0 Å². The summed E-state index contributed by atoms with van der Waals surface area (Å²) < 4.78 is 5.75. The van der Waals surface area contributed by atoms with Crippen molar-refractivity contribution in [2.75, 3.05) is 0 Å². The molecule has 0 bridgehead atoms. The topological polar surface area (TPSA) is 63.1 Å². The molecule has 0 amide bonds. The van der Waals surface area contributed by atoms with Crippen LogP contribution in [0.4, 0.5) is 0 Å². The molecule has 18 heavy (non-hydrogen) atoms. The van der Waals surface area contributed by atoms with E-state index in [1.165, 1.54) is 23.3 Å². The maximum Gasteiger partial charge on any atom is 0.335 e. The van der Waals surface area contributed by atoms with Gasteiger partial charge in [-0.2, -0.15) is 4.37 Å². The first-order valence-electron chi connectivity index (χ1n) is 5.13. The van der Waals surface area contributed by atoms with Gasteiger partial charge in [0.15, 0.2) is 4.34 Å². The van der Waals surface area contributed by atoms with E-state index in [2.05, 4.69) is 25.3 Å². The molecule has 1 N–H and O–H groups in total. The summed E-state index contributed by atoms with van der Waals surface area (Å²) in [5.41, 5.74) is 0.257. The minimum Gasteiger partial charge on any atom is -0.478 e. The van der Waals surface area contributed by atoms with Crippen LogP contribution in [0.25, 0.3) is 0 Å². The van der Waals surface area contributed by atoms with E-state index in [1.807, 2.05) is 13.0 Å². The second-order valence-electron chi connectivity index (χ2n) is 3.41. The zero-order valence-electron chi connectivity index (χ0n) is 9.38. The number of nitrogens with zero attached hydrogens (tertiary/aromatic N) is 2. The van der Waals surface area contributed by atoms with Crippen molar-refractivity contribution in [2.45, 2.75) is 22.6 Å². The van der Waals surface area contributed by atoms with Gasteiger partial charge in [-0.15, -0.1) is 0 Å². The Morgan fingerprint density at radius 1 is 1.50 bits per heavy atom. The average molecular weight is 345 g/mol. The number of carbonyl (C=O) groups is 1. The largest absolute Gasteiger partial charge is 0.478 e. The maximum atomic E-state index is 11.0. The molecule has 2 rings (SSSR count). The molecule has 1 aromatic heterocycles. The van der Waals surface area contributed by atoms with E-state index in [-0.39, 0.29) is 5.56 Å². The molecule has 0 spiro atoms. The van der Waals surface area contributed by atoms with Crippen molar-refractivity contribution in [3.63, 3.8) is 0 Å². The van der Waals surface area contributed by atoms with Crippen LogP contribution in [-0.2, 0) is 6.42 Å². The molecule has 0 aliphatic carbocycles. The Morgan fingerprint density at radius 2 is 2.28 bits per heavy atom. The maximum absolute atomic E-state index is 11.0. The summed E-state index contributed by atoms with van der Waals surface area (Å²) in [6, 6.07) is 5.07. The molecule has 0 fully saturated rings.